The summed E-state index contributed by atoms with van der Waals surface area (Å²) in [7, 11) is 0. The molecule has 4 rings (SSSR count). The van der Waals surface area contributed by atoms with E-state index in [2.05, 4.69) is 10.2 Å². The third kappa shape index (κ3) is 2.37. The van der Waals surface area contributed by atoms with Crippen LogP contribution in [0.4, 0.5) is 0 Å². The highest BCUT2D eigenvalue weighted by Crippen LogP contribution is 2.30. The number of amides is 1. The molecule has 0 radical (unpaired) electrons. The van der Waals surface area contributed by atoms with E-state index < -0.39 is 6.04 Å². The Morgan fingerprint density at radius 3 is 2.79 bits per heavy atom. The van der Waals surface area contributed by atoms with Gasteiger partial charge >= 0.3 is 0 Å². The summed E-state index contributed by atoms with van der Waals surface area (Å²) in [6.07, 6.45) is 0. The minimum absolute atomic E-state index is 0.187. The molecule has 0 unspecified atom stereocenters. The van der Waals surface area contributed by atoms with Gasteiger partial charge in [-0.15, -0.1) is 10.2 Å². The van der Waals surface area contributed by atoms with Gasteiger partial charge in [0.2, 0.25) is 11.8 Å². The zero-order valence-electron chi connectivity index (χ0n) is 13.5. The Morgan fingerprint density at radius 2 is 2.04 bits per heavy atom. The molecule has 1 fully saturated rings. The van der Waals surface area contributed by atoms with Crippen molar-refractivity contribution in [3.05, 3.63) is 47.4 Å². The highest BCUT2D eigenvalue weighted by Gasteiger charge is 2.35. The average Bonchev–Trinajstić information content (AvgIpc) is 3.18. The van der Waals surface area contributed by atoms with Crippen LogP contribution in [0.2, 0.25) is 0 Å². The highest BCUT2D eigenvalue weighted by atomic mass is 16.5. The number of hydrogen-bond donors (Lipinski definition) is 0. The Balaban J connectivity index is 1.71. The maximum Gasteiger partial charge on any atom is 0.290 e. The summed E-state index contributed by atoms with van der Waals surface area (Å²) in [4.78, 5) is 14.7. The fraction of sp³-hybridized carbons (Fsp3) is 0.353. The van der Waals surface area contributed by atoms with Crippen molar-refractivity contribution in [1.29, 1.82) is 0 Å². The van der Waals surface area contributed by atoms with Gasteiger partial charge in [0.15, 0.2) is 5.76 Å². The van der Waals surface area contributed by atoms with E-state index in [-0.39, 0.29) is 5.91 Å². The van der Waals surface area contributed by atoms with Crippen LogP contribution in [-0.4, -0.2) is 40.8 Å². The second-order valence-electron chi connectivity index (χ2n) is 5.80. The molecule has 1 saturated heterocycles. The highest BCUT2D eigenvalue weighted by molar-refractivity contribution is 5.99. The zero-order chi connectivity index (χ0) is 16.7. The van der Waals surface area contributed by atoms with Gasteiger partial charge < -0.3 is 18.5 Å². The number of aryl methyl sites for hydroxylation is 2. The molecule has 1 aliphatic heterocycles. The summed E-state index contributed by atoms with van der Waals surface area (Å²) >= 11 is 0. The number of fused-ring (bicyclic) bond motifs is 1. The lowest BCUT2D eigenvalue weighted by Gasteiger charge is -2.32. The summed E-state index contributed by atoms with van der Waals surface area (Å²) in [6.45, 7) is 4.85. The van der Waals surface area contributed by atoms with Crippen LogP contribution < -0.4 is 0 Å². The lowest BCUT2D eigenvalue weighted by molar-refractivity contribution is -0.0120. The first-order valence-electron chi connectivity index (χ1n) is 7.82. The van der Waals surface area contributed by atoms with Crippen molar-refractivity contribution in [3.8, 4) is 0 Å². The van der Waals surface area contributed by atoms with Gasteiger partial charge in [-0.05, 0) is 13.0 Å². The van der Waals surface area contributed by atoms with Crippen molar-refractivity contribution in [3.63, 3.8) is 0 Å². The Bertz CT molecular complexity index is 898. The molecule has 2 aromatic heterocycles. The maximum absolute atomic E-state index is 13.1. The minimum atomic E-state index is -0.403. The predicted octanol–water partition coefficient (Wildman–Crippen LogP) is 2.65. The Morgan fingerprint density at radius 1 is 1.21 bits per heavy atom. The number of carbonyl (C=O) groups excluding carboxylic acids is 1. The molecule has 7 heteroatoms. The summed E-state index contributed by atoms with van der Waals surface area (Å²) in [5.74, 6) is 1.00. The molecular weight excluding hydrogens is 310 g/mol. The van der Waals surface area contributed by atoms with Crippen molar-refractivity contribution >= 4 is 16.9 Å². The molecule has 3 aromatic rings. The van der Waals surface area contributed by atoms with E-state index in [0.717, 1.165) is 10.9 Å². The largest absolute Gasteiger partial charge is 0.451 e. The van der Waals surface area contributed by atoms with Crippen molar-refractivity contribution < 1.29 is 18.4 Å². The molecule has 1 amide bonds. The fourth-order valence-electron chi connectivity index (χ4n) is 3.01. The maximum atomic E-state index is 13.1. The van der Waals surface area contributed by atoms with Gasteiger partial charge in [0.25, 0.3) is 5.91 Å². The average molecular weight is 327 g/mol. The number of furan rings is 1. The number of aromatic nitrogens is 2. The third-order valence-corrected chi connectivity index (χ3v) is 4.25. The van der Waals surface area contributed by atoms with Gasteiger partial charge in [-0.3, -0.25) is 4.79 Å². The Labute approximate surface area is 138 Å². The third-order valence-electron chi connectivity index (χ3n) is 4.25. The summed E-state index contributed by atoms with van der Waals surface area (Å²) in [5.41, 5.74) is 1.54. The van der Waals surface area contributed by atoms with Gasteiger partial charge in [-0.2, -0.15) is 0 Å². The number of carbonyl (C=O) groups is 1. The first-order valence-corrected chi connectivity index (χ1v) is 7.82. The van der Waals surface area contributed by atoms with Gasteiger partial charge in [-0.1, -0.05) is 18.2 Å². The van der Waals surface area contributed by atoms with Crippen LogP contribution in [0.15, 0.2) is 33.1 Å². The Kier molecular flexibility index (Phi) is 3.57. The van der Waals surface area contributed by atoms with E-state index in [4.69, 9.17) is 13.6 Å². The van der Waals surface area contributed by atoms with Gasteiger partial charge in [0, 0.05) is 24.4 Å². The van der Waals surface area contributed by atoms with Crippen LogP contribution >= 0.6 is 0 Å². The van der Waals surface area contributed by atoms with E-state index in [1.165, 1.54) is 0 Å². The van der Waals surface area contributed by atoms with E-state index in [1.807, 2.05) is 31.2 Å². The van der Waals surface area contributed by atoms with Crippen LogP contribution in [0.1, 0.15) is 33.9 Å². The molecule has 124 valence electrons. The number of para-hydroxylation sites is 1. The quantitative estimate of drug-likeness (QED) is 0.720. The van der Waals surface area contributed by atoms with E-state index >= 15 is 0 Å². The molecule has 0 saturated carbocycles. The van der Waals surface area contributed by atoms with Crippen LogP contribution in [0.5, 0.6) is 0 Å². The van der Waals surface area contributed by atoms with Crippen molar-refractivity contribution in [2.45, 2.75) is 19.9 Å². The number of rotatable bonds is 2. The standard InChI is InChI=1S/C17H17N3O4/c1-10-12-5-3-4-6-14(12)24-15(10)17(21)20-7-8-22-9-13(20)16-19-18-11(2)23-16/h3-6,13H,7-9H2,1-2H3/t13-/m0/s1. The number of hydrogen-bond acceptors (Lipinski definition) is 6. The zero-order valence-corrected chi connectivity index (χ0v) is 13.5. The monoisotopic (exact) mass is 327 g/mol. The van der Waals surface area contributed by atoms with E-state index in [9.17, 15) is 4.79 Å². The molecule has 24 heavy (non-hydrogen) atoms. The van der Waals surface area contributed by atoms with Crippen molar-refractivity contribution in [2.75, 3.05) is 19.8 Å². The second-order valence-corrected chi connectivity index (χ2v) is 5.80. The van der Waals surface area contributed by atoms with Crippen molar-refractivity contribution in [1.82, 2.24) is 15.1 Å². The second kappa shape index (κ2) is 5.76. The number of nitrogens with zero attached hydrogens (tertiary/aromatic N) is 3. The molecule has 1 aliphatic rings. The normalized spacial score (nSPS) is 18.2. The summed E-state index contributed by atoms with van der Waals surface area (Å²) < 4.78 is 16.8. The van der Waals surface area contributed by atoms with Crippen LogP contribution in [0.3, 0.4) is 0 Å². The number of benzene rings is 1. The molecule has 0 N–H and O–H groups in total. The SMILES string of the molecule is Cc1nnc([C@@H]2COCCN2C(=O)c2oc3ccccc3c2C)o1. The molecule has 0 spiro atoms. The van der Waals surface area contributed by atoms with E-state index in [0.29, 0.717) is 42.9 Å². The van der Waals surface area contributed by atoms with Crippen LogP contribution in [0, 0.1) is 13.8 Å². The molecule has 0 aliphatic carbocycles. The topological polar surface area (TPSA) is 81.6 Å². The predicted molar refractivity (Wildman–Crippen MR) is 84.6 cm³/mol. The molecule has 0 bridgehead atoms. The minimum Gasteiger partial charge on any atom is -0.451 e. The van der Waals surface area contributed by atoms with E-state index in [1.54, 1.807) is 11.8 Å². The first-order chi connectivity index (χ1) is 11.6. The number of morpholine rings is 1. The molecular formula is C17H17N3O4. The molecule has 1 aromatic carbocycles. The fourth-order valence-corrected chi connectivity index (χ4v) is 3.01. The summed E-state index contributed by atoms with van der Waals surface area (Å²) in [5, 5.41) is 8.83. The van der Waals surface area contributed by atoms with Crippen LogP contribution in [-0.2, 0) is 4.74 Å². The lowest BCUT2D eigenvalue weighted by atomic mass is 10.1. The van der Waals surface area contributed by atoms with Gasteiger partial charge in [-0.25, -0.2) is 0 Å². The van der Waals surface area contributed by atoms with Crippen molar-refractivity contribution in [2.24, 2.45) is 0 Å². The molecule has 3 heterocycles. The summed E-state index contributed by atoms with van der Waals surface area (Å²) in [6, 6.07) is 7.22. The van der Waals surface area contributed by atoms with Gasteiger partial charge in [0.05, 0.1) is 13.2 Å². The smallest absolute Gasteiger partial charge is 0.290 e. The van der Waals surface area contributed by atoms with Gasteiger partial charge in [0.1, 0.15) is 11.6 Å². The van der Waals surface area contributed by atoms with Crippen LogP contribution in [0.25, 0.3) is 11.0 Å². The lowest BCUT2D eigenvalue weighted by Crippen LogP contribution is -2.43. The molecule has 1 atom stereocenters. The Hall–Kier alpha value is -2.67. The number of ether oxygens (including phenoxy) is 1. The first kappa shape index (κ1) is 14.9. The molecule has 7 nitrogen and oxygen atoms in total.